The third-order valence-electron chi connectivity index (χ3n) is 1.63. The van der Waals surface area contributed by atoms with Gasteiger partial charge in [0.2, 0.25) is 0 Å². The number of hydrogen-bond acceptors (Lipinski definition) is 4. The summed E-state index contributed by atoms with van der Waals surface area (Å²) < 4.78 is 9.67. The Morgan fingerprint density at radius 2 is 2.27 bits per heavy atom. The molecule has 15 heavy (non-hydrogen) atoms. The molecule has 0 aromatic carbocycles. The molecule has 1 rings (SSSR count). The Hall–Kier alpha value is -1.58. The number of rotatable bonds is 3. The van der Waals surface area contributed by atoms with Gasteiger partial charge < -0.3 is 14.1 Å². The van der Waals surface area contributed by atoms with E-state index in [1.807, 2.05) is 13.0 Å². The highest BCUT2D eigenvalue weighted by molar-refractivity contribution is 5.72. The summed E-state index contributed by atoms with van der Waals surface area (Å²) in [7, 11) is 3.02. The molecule has 1 heterocycles. The Morgan fingerprint density at radius 3 is 2.67 bits per heavy atom. The van der Waals surface area contributed by atoms with Gasteiger partial charge in [0.05, 0.1) is 19.8 Å². The molecule has 84 valence electrons. The number of aryl methyl sites for hydroxylation is 1. The van der Waals surface area contributed by atoms with Gasteiger partial charge in [-0.3, -0.25) is 4.79 Å². The summed E-state index contributed by atoms with van der Waals surface area (Å²) in [6.45, 7) is 5.11. The maximum Gasteiger partial charge on any atom is 0.310 e. The van der Waals surface area contributed by atoms with Crippen LogP contribution in [0.5, 0.6) is 0 Å². The average molecular weight is 211 g/mol. The van der Waals surface area contributed by atoms with Crippen LogP contribution in [0.4, 0.5) is 0 Å². The van der Waals surface area contributed by atoms with E-state index in [1.165, 1.54) is 7.11 Å². The van der Waals surface area contributed by atoms with Crippen LogP contribution in [0.1, 0.15) is 18.2 Å². The number of hydrogen-bond donors (Lipinski definition) is 0. The Labute approximate surface area is 90.0 Å². The van der Waals surface area contributed by atoms with Gasteiger partial charge in [0, 0.05) is 19.0 Å². The number of furan rings is 1. The van der Waals surface area contributed by atoms with Crippen molar-refractivity contribution in [1.82, 2.24) is 0 Å². The van der Waals surface area contributed by atoms with Crippen molar-refractivity contribution >= 4 is 12.7 Å². The molecule has 0 atom stereocenters. The Morgan fingerprint density at radius 1 is 1.67 bits per heavy atom. The van der Waals surface area contributed by atoms with E-state index in [4.69, 9.17) is 4.42 Å². The van der Waals surface area contributed by atoms with Gasteiger partial charge in [-0.1, -0.05) is 6.92 Å². The lowest BCUT2D eigenvalue weighted by Crippen LogP contribution is -2.03. The van der Waals surface area contributed by atoms with E-state index in [2.05, 4.69) is 16.4 Å². The number of nitrogens with zero attached hydrogens (tertiary/aromatic N) is 1. The van der Waals surface area contributed by atoms with Crippen LogP contribution in [0.3, 0.4) is 0 Å². The number of carbonyl (C=O) groups is 1. The summed E-state index contributed by atoms with van der Waals surface area (Å²) in [6, 6.07) is 1.87. The van der Waals surface area contributed by atoms with Crippen molar-refractivity contribution in [1.29, 1.82) is 0 Å². The van der Waals surface area contributed by atoms with Crippen molar-refractivity contribution < 1.29 is 13.9 Å². The molecule has 0 unspecified atom stereocenters. The number of aliphatic imine (C=N–C) groups is 1. The molecular weight excluding hydrogens is 194 g/mol. The lowest BCUT2D eigenvalue weighted by Gasteiger charge is -1.93. The van der Waals surface area contributed by atoms with E-state index in [9.17, 15) is 4.79 Å². The summed E-state index contributed by atoms with van der Waals surface area (Å²) in [5, 5.41) is 0. The van der Waals surface area contributed by atoms with Crippen molar-refractivity contribution in [2.24, 2.45) is 4.99 Å². The van der Waals surface area contributed by atoms with Crippen LogP contribution in [-0.2, 0) is 22.4 Å². The second-order valence-electron chi connectivity index (χ2n) is 2.84. The highest BCUT2D eigenvalue weighted by atomic mass is 16.5. The van der Waals surface area contributed by atoms with Crippen molar-refractivity contribution in [2.45, 2.75) is 19.8 Å². The van der Waals surface area contributed by atoms with E-state index in [1.54, 1.807) is 13.3 Å². The lowest BCUT2D eigenvalue weighted by atomic mass is 10.2. The molecule has 0 spiro atoms. The molecule has 4 nitrogen and oxygen atoms in total. The van der Waals surface area contributed by atoms with Gasteiger partial charge in [-0.2, -0.15) is 0 Å². The van der Waals surface area contributed by atoms with Crippen LogP contribution in [0.2, 0.25) is 0 Å². The molecule has 0 N–H and O–H groups in total. The highest BCUT2D eigenvalue weighted by Crippen LogP contribution is 2.09. The van der Waals surface area contributed by atoms with Crippen molar-refractivity contribution in [3.05, 3.63) is 23.7 Å². The van der Waals surface area contributed by atoms with E-state index < -0.39 is 0 Å². The summed E-state index contributed by atoms with van der Waals surface area (Å²) >= 11 is 0. The molecule has 0 aliphatic carbocycles. The first kappa shape index (κ1) is 13.4. The predicted octanol–water partition coefficient (Wildman–Crippen LogP) is 1.87. The number of methoxy groups -OCH3 is 1. The fourth-order valence-electron chi connectivity index (χ4n) is 0.943. The van der Waals surface area contributed by atoms with Crippen molar-refractivity contribution in [2.75, 3.05) is 14.2 Å². The second-order valence-corrected chi connectivity index (χ2v) is 2.84. The Kier molecular flexibility index (Phi) is 6.97. The molecule has 0 aliphatic heterocycles. The van der Waals surface area contributed by atoms with Gasteiger partial charge >= 0.3 is 5.97 Å². The predicted molar refractivity (Wildman–Crippen MR) is 59.3 cm³/mol. The minimum absolute atomic E-state index is 0.238. The summed E-state index contributed by atoms with van der Waals surface area (Å²) in [6.07, 6.45) is 2.73. The first-order chi connectivity index (χ1) is 7.17. The van der Waals surface area contributed by atoms with E-state index in [0.29, 0.717) is 6.42 Å². The zero-order valence-electron chi connectivity index (χ0n) is 9.45. The van der Waals surface area contributed by atoms with E-state index in [-0.39, 0.29) is 5.97 Å². The first-order valence-corrected chi connectivity index (χ1v) is 4.65. The summed E-state index contributed by atoms with van der Waals surface area (Å²) in [4.78, 5) is 14.1. The third kappa shape index (κ3) is 5.67. The largest absolute Gasteiger partial charge is 0.469 e. The van der Waals surface area contributed by atoms with Gasteiger partial charge in [-0.25, -0.2) is 0 Å². The first-order valence-electron chi connectivity index (χ1n) is 4.65. The quantitative estimate of drug-likeness (QED) is 0.566. The van der Waals surface area contributed by atoms with Gasteiger partial charge in [-0.05, 0) is 12.8 Å². The van der Waals surface area contributed by atoms with Gasteiger partial charge in [0.1, 0.15) is 5.76 Å². The molecule has 1 aromatic rings. The molecule has 0 radical (unpaired) electrons. The van der Waals surface area contributed by atoms with Crippen LogP contribution < -0.4 is 0 Å². The third-order valence-corrected chi connectivity index (χ3v) is 1.63. The Bertz CT molecular complexity index is 305. The standard InChI is InChI=1S/C9H12O3.C2H5N/c1-3-8-4-7(6-12-8)5-9(10)11-2;1-3-2/h4,6H,3,5H2,1-2H3;1H2,2H3. The second kappa shape index (κ2) is 7.79. The van der Waals surface area contributed by atoms with Crippen LogP contribution in [0, 0.1) is 0 Å². The number of carbonyl (C=O) groups excluding carboxylic acids is 1. The maximum atomic E-state index is 10.8. The van der Waals surface area contributed by atoms with E-state index in [0.717, 1.165) is 17.7 Å². The number of ether oxygens (including phenoxy) is 1. The Balaban J connectivity index is 0.000000583. The molecule has 0 saturated heterocycles. The van der Waals surface area contributed by atoms with Crippen molar-refractivity contribution in [3.63, 3.8) is 0 Å². The van der Waals surface area contributed by atoms with E-state index >= 15 is 0 Å². The molecule has 0 fully saturated rings. The van der Waals surface area contributed by atoms with Crippen molar-refractivity contribution in [3.8, 4) is 0 Å². The van der Waals surface area contributed by atoms with Crippen LogP contribution in [0.25, 0.3) is 0 Å². The lowest BCUT2D eigenvalue weighted by molar-refractivity contribution is -0.139. The molecule has 4 heteroatoms. The monoisotopic (exact) mass is 211 g/mol. The minimum atomic E-state index is -0.238. The van der Waals surface area contributed by atoms with Crippen LogP contribution in [0.15, 0.2) is 21.7 Å². The molecule has 0 bridgehead atoms. The average Bonchev–Trinajstić information content (AvgIpc) is 2.66. The SMILES string of the molecule is C=NC.CCc1cc(CC(=O)OC)co1. The fourth-order valence-corrected chi connectivity index (χ4v) is 0.943. The molecule has 0 saturated carbocycles. The van der Waals surface area contributed by atoms with Gasteiger partial charge in [0.15, 0.2) is 0 Å². The molecule has 0 aliphatic rings. The zero-order chi connectivity index (χ0) is 11.7. The maximum absolute atomic E-state index is 10.8. The zero-order valence-corrected chi connectivity index (χ0v) is 9.45. The van der Waals surface area contributed by atoms with Gasteiger partial charge in [-0.15, -0.1) is 0 Å². The highest BCUT2D eigenvalue weighted by Gasteiger charge is 2.05. The minimum Gasteiger partial charge on any atom is -0.469 e. The molecule has 0 amide bonds. The van der Waals surface area contributed by atoms with Crippen LogP contribution in [-0.4, -0.2) is 26.8 Å². The number of esters is 1. The van der Waals surface area contributed by atoms with Gasteiger partial charge in [0.25, 0.3) is 0 Å². The molecular formula is C11H17NO3. The molecule has 1 aromatic heterocycles. The summed E-state index contributed by atoms with van der Waals surface area (Å²) in [5.41, 5.74) is 0.874. The van der Waals surface area contributed by atoms with Crippen LogP contribution >= 0.6 is 0 Å². The summed E-state index contributed by atoms with van der Waals surface area (Å²) in [5.74, 6) is 0.660. The fraction of sp³-hybridized carbons (Fsp3) is 0.455. The normalized spacial score (nSPS) is 8.73. The smallest absolute Gasteiger partial charge is 0.310 e. The topological polar surface area (TPSA) is 51.8 Å².